The minimum Gasteiger partial charge on any atom is -0.381 e. The van der Waals surface area contributed by atoms with E-state index in [1.54, 1.807) is 16.9 Å². The second kappa shape index (κ2) is 9.51. The van der Waals surface area contributed by atoms with Gasteiger partial charge < -0.3 is 18.9 Å². The van der Waals surface area contributed by atoms with Gasteiger partial charge in [-0.25, -0.2) is 0 Å². The van der Waals surface area contributed by atoms with Crippen molar-refractivity contribution in [3.05, 3.63) is 35.5 Å². The van der Waals surface area contributed by atoms with Crippen LogP contribution in [0.2, 0.25) is 0 Å². The Labute approximate surface area is 170 Å². The number of carbonyl (C=O) groups is 1. The molecule has 0 radical (unpaired) electrons. The number of hydrogen-bond acceptors (Lipinski definition) is 7. The van der Waals surface area contributed by atoms with Crippen LogP contribution >= 0.6 is 0 Å². The third-order valence-corrected chi connectivity index (χ3v) is 5.51. The minimum absolute atomic E-state index is 0.0724. The second-order valence-corrected chi connectivity index (χ2v) is 7.69. The zero-order chi connectivity index (χ0) is 20.1. The van der Waals surface area contributed by atoms with Gasteiger partial charge >= 0.3 is 0 Å². The van der Waals surface area contributed by atoms with E-state index in [2.05, 4.69) is 15.2 Å². The van der Waals surface area contributed by atoms with Crippen LogP contribution in [-0.2, 0) is 16.0 Å². The van der Waals surface area contributed by atoms with Gasteiger partial charge in [0, 0.05) is 57.7 Å². The maximum Gasteiger partial charge on any atom is 0.276 e. The van der Waals surface area contributed by atoms with Gasteiger partial charge in [-0.05, 0) is 25.3 Å². The lowest BCUT2D eigenvalue weighted by molar-refractivity contribution is 0.0137. The predicted octanol–water partition coefficient (Wildman–Crippen LogP) is 1.18. The third-order valence-electron chi connectivity index (χ3n) is 5.51. The Morgan fingerprint density at radius 3 is 2.69 bits per heavy atom. The van der Waals surface area contributed by atoms with Crippen molar-refractivity contribution in [1.29, 1.82) is 0 Å². The van der Waals surface area contributed by atoms with Crippen molar-refractivity contribution in [2.45, 2.75) is 32.4 Å². The first kappa shape index (κ1) is 20.1. The quantitative estimate of drug-likeness (QED) is 0.686. The Morgan fingerprint density at radius 2 is 1.97 bits per heavy atom. The zero-order valence-electron chi connectivity index (χ0n) is 17.0. The van der Waals surface area contributed by atoms with Gasteiger partial charge in [-0.3, -0.25) is 14.4 Å². The number of aryl methyl sites for hydroxylation is 1. The minimum atomic E-state index is -0.0724. The van der Waals surface area contributed by atoms with Crippen molar-refractivity contribution in [3.63, 3.8) is 0 Å². The molecule has 158 valence electrons. The summed E-state index contributed by atoms with van der Waals surface area (Å²) in [5, 5.41) is 8.32. The van der Waals surface area contributed by atoms with E-state index < -0.39 is 0 Å². The molecule has 0 aromatic carbocycles. The van der Waals surface area contributed by atoms with E-state index in [1.165, 1.54) is 0 Å². The van der Waals surface area contributed by atoms with Gasteiger partial charge in [0.25, 0.3) is 5.91 Å². The summed E-state index contributed by atoms with van der Waals surface area (Å²) in [6.07, 6.45) is 5.43. The van der Waals surface area contributed by atoms with Gasteiger partial charge in [-0.2, -0.15) is 5.10 Å². The Bertz CT molecular complexity index is 792. The molecule has 4 rings (SSSR count). The van der Waals surface area contributed by atoms with Gasteiger partial charge in [-0.15, -0.1) is 0 Å². The lowest BCUT2D eigenvalue weighted by Crippen LogP contribution is -2.48. The molecule has 0 aliphatic carbocycles. The summed E-state index contributed by atoms with van der Waals surface area (Å²) in [5.74, 6) is 0.549. The Morgan fingerprint density at radius 1 is 1.21 bits per heavy atom. The smallest absolute Gasteiger partial charge is 0.276 e. The number of amides is 1. The summed E-state index contributed by atoms with van der Waals surface area (Å²) in [5.41, 5.74) is 1.44. The van der Waals surface area contributed by atoms with Crippen molar-refractivity contribution in [3.8, 4) is 0 Å². The monoisotopic (exact) mass is 403 g/mol. The molecule has 9 heteroatoms. The molecule has 2 aromatic heterocycles. The van der Waals surface area contributed by atoms with Crippen LogP contribution in [0.15, 0.2) is 23.0 Å². The molecule has 2 aliphatic rings. The normalized spacial score (nSPS) is 18.8. The SMILES string of the molecule is Cc1cnn(Cc2cc(C(=O)N(CCN3CCOCC3)C3CCOCC3)no2)c1. The highest BCUT2D eigenvalue weighted by atomic mass is 16.5. The Balaban J connectivity index is 1.43. The van der Waals surface area contributed by atoms with Crippen LogP contribution in [0, 0.1) is 6.92 Å². The number of nitrogens with zero attached hydrogens (tertiary/aromatic N) is 5. The molecule has 0 bridgehead atoms. The average Bonchev–Trinajstić information content (AvgIpc) is 3.39. The van der Waals surface area contributed by atoms with Crippen molar-refractivity contribution in [2.75, 3.05) is 52.6 Å². The molecule has 4 heterocycles. The maximum atomic E-state index is 13.3. The van der Waals surface area contributed by atoms with Crippen molar-refractivity contribution in [1.82, 2.24) is 24.7 Å². The first-order valence-electron chi connectivity index (χ1n) is 10.3. The Kier molecular flexibility index (Phi) is 6.58. The first-order chi connectivity index (χ1) is 14.2. The molecule has 1 amide bonds. The molecule has 2 saturated heterocycles. The molecule has 2 aromatic rings. The number of hydrogen-bond donors (Lipinski definition) is 0. The fourth-order valence-corrected chi connectivity index (χ4v) is 3.87. The van der Waals surface area contributed by atoms with Crippen LogP contribution < -0.4 is 0 Å². The van der Waals surface area contributed by atoms with Crippen LogP contribution in [0.25, 0.3) is 0 Å². The highest BCUT2D eigenvalue weighted by molar-refractivity contribution is 5.92. The molecule has 9 nitrogen and oxygen atoms in total. The highest BCUT2D eigenvalue weighted by Crippen LogP contribution is 2.18. The van der Waals surface area contributed by atoms with Crippen LogP contribution in [-0.4, -0.2) is 89.3 Å². The number of carbonyl (C=O) groups excluding carboxylic acids is 1. The number of morpholine rings is 1. The lowest BCUT2D eigenvalue weighted by atomic mass is 10.1. The molecule has 0 unspecified atom stereocenters. The number of ether oxygens (including phenoxy) is 2. The number of aromatic nitrogens is 3. The van der Waals surface area contributed by atoms with E-state index in [-0.39, 0.29) is 11.9 Å². The van der Waals surface area contributed by atoms with Crippen molar-refractivity contribution < 1.29 is 18.8 Å². The van der Waals surface area contributed by atoms with E-state index in [4.69, 9.17) is 14.0 Å². The molecule has 2 aliphatic heterocycles. The van der Waals surface area contributed by atoms with E-state index in [0.717, 1.165) is 51.3 Å². The highest BCUT2D eigenvalue weighted by Gasteiger charge is 2.29. The standard InChI is InChI=1S/C20H29N5O4/c1-16-13-21-24(14-16)15-18-12-19(22-29-18)20(26)25(17-2-8-27-9-3-17)5-4-23-6-10-28-11-7-23/h12-14,17H,2-11,15H2,1H3. The average molecular weight is 403 g/mol. The molecule has 0 atom stereocenters. The van der Waals surface area contributed by atoms with E-state index in [9.17, 15) is 4.79 Å². The fraction of sp³-hybridized carbons (Fsp3) is 0.650. The Hall–Kier alpha value is -2.23. The van der Waals surface area contributed by atoms with E-state index in [1.807, 2.05) is 18.0 Å². The van der Waals surface area contributed by atoms with E-state index >= 15 is 0 Å². The topological polar surface area (TPSA) is 85.9 Å². The summed E-state index contributed by atoms with van der Waals surface area (Å²) in [6.45, 7) is 8.66. The van der Waals surface area contributed by atoms with Crippen LogP contribution in [0.5, 0.6) is 0 Å². The fourth-order valence-electron chi connectivity index (χ4n) is 3.87. The first-order valence-corrected chi connectivity index (χ1v) is 10.3. The van der Waals surface area contributed by atoms with Gasteiger partial charge in [0.1, 0.15) is 6.54 Å². The molecule has 0 N–H and O–H groups in total. The summed E-state index contributed by atoms with van der Waals surface area (Å²) >= 11 is 0. The zero-order valence-corrected chi connectivity index (χ0v) is 17.0. The van der Waals surface area contributed by atoms with Crippen LogP contribution in [0.4, 0.5) is 0 Å². The predicted molar refractivity (Wildman–Crippen MR) is 105 cm³/mol. The van der Waals surface area contributed by atoms with E-state index in [0.29, 0.717) is 37.8 Å². The molecular weight excluding hydrogens is 374 g/mol. The molecule has 29 heavy (non-hydrogen) atoms. The summed E-state index contributed by atoms with van der Waals surface area (Å²) in [4.78, 5) is 17.6. The maximum absolute atomic E-state index is 13.3. The lowest BCUT2D eigenvalue weighted by Gasteiger charge is -2.36. The number of rotatable bonds is 7. The molecule has 0 spiro atoms. The van der Waals surface area contributed by atoms with Crippen LogP contribution in [0.3, 0.4) is 0 Å². The van der Waals surface area contributed by atoms with Gasteiger partial charge in [0.15, 0.2) is 11.5 Å². The largest absolute Gasteiger partial charge is 0.381 e. The van der Waals surface area contributed by atoms with Crippen molar-refractivity contribution in [2.24, 2.45) is 0 Å². The van der Waals surface area contributed by atoms with Crippen molar-refractivity contribution >= 4 is 5.91 Å². The molecule has 2 fully saturated rings. The molecular formula is C20H29N5O4. The molecule has 0 saturated carbocycles. The summed E-state index contributed by atoms with van der Waals surface area (Å²) < 4.78 is 18.1. The van der Waals surface area contributed by atoms with Crippen LogP contribution in [0.1, 0.15) is 34.7 Å². The summed E-state index contributed by atoms with van der Waals surface area (Å²) in [7, 11) is 0. The third kappa shape index (κ3) is 5.23. The van der Waals surface area contributed by atoms with Gasteiger partial charge in [-0.1, -0.05) is 5.16 Å². The summed E-state index contributed by atoms with van der Waals surface area (Å²) in [6, 6.07) is 1.91. The van der Waals surface area contributed by atoms with Gasteiger partial charge in [0.05, 0.1) is 19.4 Å². The second-order valence-electron chi connectivity index (χ2n) is 7.69. The van der Waals surface area contributed by atoms with Gasteiger partial charge in [0.2, 0.25) is 0 Å².